The number of carbonyl (C=O) groups is 1. The topological polar surface area (TPSA) is 59.0 Å². The molecule has 118 valence electrons. The van der Waals surface area contributed by atoms with Crippen molar-refractivity contribution in [3.05, 3.63) is 59.3 Å². The van der Waals surface area contributed by atoms with Crippen LogP contribution < -0.4 is 10.6 Å². The van der Waals surface area contributed by atoms with Crippen LogP contribution in [0, 0.1) is 0 Å². The van der Waals surface area contributed by atoms with E-state index in [1.165, 1.54) is 0 Å². The van der Waals surface area contributed by atoms with E-state index in [0.717, 1.165) is 33.9 Å². The van der Waals surface area contributed by atoms with Crippen LogP contribution in [0.3, 0.4) is 0 Å². The number of aryl methyl sites for hydroxylation is 1. The Labute approximate surface area is 142 Å². The van der Waals surface area contributed by atoms with E-state index in [1.54, 1.807) is 6.20 Å². The molecule has 0 saturated heterocycles. The highest BCUT2D eigenvalue weighted by molar-refractivity contribution is 9.10. The number of benzene rings is 2. The molecular weight excluding hydrogens is 356 g/mol. The molecule has 0 unspecified atom stereocenters. The van der Waals surface area contributed by atoms with Gasteiger partial charge in [-0.25, -0.2) is 4.79 Å². The minimum Gasteiger partial charge on any atom is -0.338 e. The van der Waals surface area contributed by atoms with Crippen LogP contribution in [0.15, 0.2) is 59.3 Å². The fraction of sp³-hybridized carbons (Fsp3) is 0.176. The highest BCUT2D eigenvalue weighted by atomic mass is 79.9. The van der Waals surface area contributed by atoms with Crippen LogP contribution in [0.2, 0.25) is 0 Å². The molecule has 23 heavy (non-hydrogen) atoms. The number of nitrogens with zero attached hydrogens (tertiary/aromatic N) is 2. The van der Waals surface area contributed by atoms with Crippen molar-refractivity contribution in [2.45, 2.75) is 13.0 Å². The molecule has 0 fully saturated rings. The van der Waals surface area contributed by atoms with E-state index in [1.807, 2.05) is 53.3 Å². The number of aromatic nitrogens is 2. The second-order valence-corrected chi connectivity index (χ2v) is 6.10. The molecule has 3 aromatic rings. The molecule has 0 aliphatic rings. The van der Waals surface area contributed by atoms with Gasteiger partial charge in [0.1, 0.15) is 0 Å². The molecule has 0 saturated carbocycles. The summed E-state index contributed by atoms with van der Waals surface area (Å²) in [5.74, 6) is 0. The summed E-state index contributed by atoms with van der Waals surface area (Å²) in [7, 11) is 0. The van der Waals surface area contributed by atoms with Gasteiger partial charge in [0, 0.05) is 24.7 Å². The van der Waals surface area contributed by atoms with Crippen LogP contribution in [-0.2, 0) is 6.54 Å². The number of carbonyl (C=O) groups excluding carboxylic acids is 1. The van der Waals surface area contributed by atoms with Crippen molar-refractivity contribution in [3.8, 4) is 0 Å². The summed E-state index contributed by atoms with van der Waals surface area (Å²) in [5.41, 5.74) is 0.816. The first-order chi connectivity index (χ1) is 11.2. The molecule has 5 nitrogen and oxygen atoms in total. The second kappa shape index (κ2) is 7.28. The first-order valence-electron chi connectivity index (χ1n) is 7.43. The Hall–Kier alpha value is -2.34. The van der Waals surface area contributed by atoms with E-state index in [-0.39, 0.29) is 6.03 Å². The SMILES string of the molecule is O=C(NCCCn1cc(Br)cn1)Nc1cccc2ccccc12. The van der Waals surface area contributed by atoms with Gasteiger partial charge in [-0.3, -0.25) is 4.68 Å². The standard InChI is InChI=1S/C17H17BrN4O/c18-14-11-20-22(12-14)10-4-9-19-17(23)21-16-8-3-6-13-5-1-2-7-15(13)16/h1-3,5-8,11-12H,4,9-10H2,(H2,19,21,23). The van der Waals surface area contributed by atoms with Gasteiger partial charge in [0.25, 0.3) is 0 Å². The summed E-state index contributed by atoms with van der Waals surface area (Å²) < 4.78 is 2.80. The lowest BCUT2D eigenvalue weighted by molar-refractivity contribution is 0.251. The molecule has 2 N–H and O–H groups in total. The van der Waals surface area contributed by atoms with Gasteiger partial charge in [-0.15, -0.1) is 0 Å². The van der Waals surface area contributed by atoms with Crippen molar-refractivity contribution >= 4 is 38.4 Å². The van der Waals surface area contributed by atoms with Crippen molar-refractivity contribution in [1.82, 2.24) is 15.1 Å². The number of halogens is 1. The lowest BCUT2D eigenvalue weighted by Crippen LogP contribution is -2.30. The monoisotopic (exact) mass is 372 g/mol. The number of urea groups is 1. The summed E-state index contributed by atoms with van der Waals surface area (Å²) in [4.78, 5) is 12.0. The third-order valence-corrected chi connectivity index (χ3v) is 3.90. The predicted octanol–water partition coefficient (Wildman–Crippen LogP) is 4.01. The quantitative estimate of drug-likeness (QED) is 0.664. The molecule has 0 radical (unpaired) electrons. The zero-order valence-electron chi connectivity index (χ0n) is 12.5. The van der Waals surface area contributed by atoms with Gasteiger partial charge in [-0.2, -0.15) is 5.10 Å². The first kappa shape index (κ1) is 15.6. The predicted molar refractivity (Wildman–Crippen MR) is 95.5 cm³/mol. The van der Waals surface area contributed by atoms with Crippen LogP contribution in [0.25, 0.3) is 10.8 Å². The maximum absolute atomic E-state index is 12.0. The largest absolute Gasteiger partial charge is 0.338 e. The lowest BCUT2D eigenvalue weighted by Gasteiger charge is -2.10. The van der Waals surface area contributed by atoms with E-state index in [2.05, 4.69) is 31.7 Å². The minimum atomic E-state index is -0.192. The maximum Gasteiger partial charge on any atom is 0.319 e. The molecule has 6 heteroatoms. The van der Waals surface area contributed by atoms with Crippen molar-refractivity contribution in [1.29, 1.82) is 0 Å². The number of amides is 2. The molecule has 0 aliphatic carbocycles. The Balaban J connectivity index is 1.51. The summed E-state index contributed by atoms with van der Waals surface area (Å²) in [6.45, 7) is 1.36. The Morgan fingerprint density at radius 2 is 2.00 bits per heavy atom. The van der Waals surface area contributed by atoms with Crippen molar-refractivity contribution in [2.24, 2.45) is 0 Å². The lowest BCUT2D eigenvalue weighted by atomic mass is 10.1. The second-order valence-electron chi connectivity index (χ2n) is 5.18. The number of fused-ring (bicyclic) bond motifs is 1. The smallest absolute Gasteiger partial charge is 0.319 e. The van der Waals surface area contributed by atoms with E-state index in [4.69, 9.17) is 0 Å². The van der Waals surface area contributed by atoms with Crippen LogP contribution >= 0.6 is 15.9 Å². The number of nitrogens with one attached hydrogen (secondary N) is 2. The van der Waals surface area contributed by atoms with E-state index in [0.29, 0.717) is 6.54 Å². The molecule has 1 aromatic heterocycles. The fourth-order valence-corrected chi connectivity index (χ4v) is 2.73. The Morgan fingerprint density at radius 1 is 1.17 bits per heavy atom. The molecule has 0 spiro atoms. The van der Waals surface area contributed by atoms with Gasteiger partial charge in [-0.05, 0) is 33.8 Å². The maximum atomic E-state index is 12.0. The van der Waals surface area contributed by atoms with Gasteiger partial charge in [0.15, 0.2) is 0 Å². The summed E-state index contributed by atoms with van der Waals surface area (Å²) in [5, 5.41) is 12.1. The van der Waals surface area contributed by atoms with E-state index in [9.17, 15) is 4.79 Å². The van der Waals surface area contributed by atoms with E-state index < -0.39 is 0 Å². The van der Waals surface area contributed by atoms with Gasteiger partial charge in [0.05, 0.1) is 16.4 Å². The van der Waals surface area contributed by atoms with Gasteiger partial charge in [0.2, 0.25) is 0 Å². The zero-order chi connectivity index (χ0) is 16.1. The highest BCUT2D eigenvalue weighted by Crippen LogP contribution is 2.22. The molecule has 0 bridgehead atoms. The zero-order valence-corrected chi connectivity index (χ0v) is 14.1. The Morgan fingerprint density at radius 3 is 2.83 bits per heavy atom. The molecule has 2 amide bonds. The normalized spacial score (nSPS) is 10.7. The fourth-order valence-electron chi connectivity index (χ4n) is 2.40. The highest BCUT2D eigenvalue weighted by Gasteiger charge is 2.04. The Bertz CT molecular complexity index is 810. The molecule has 0 aliphatic heterocycles. The van der Waals surface area contributed by atoms with Gasteiger partial charge >= 0.3 is 6.03 Å². The molecule has 2 aromatic carbocycles. The summed E-state index contributed by atoms with van der Waals surface area (Å²) >= 11 is 3.36. The Kier molecular flexibility index (Phi) is 4.92. The first-order valence-corrected chi connectivity index (χ1v) is 8.22. The van der Waals surface area contributed by atoms with Crippen LogP contribution in [0.1, 0.15) is 6.42 Å². The number of hydrogen-bond acceptors (Lipinski definition) is 2. The number of hydrogen-bond donors (Lipinski definition) is 2. The average molecular weight is 373 g/mol. The van der Waals surface area contributed by atoms with Crippen molar-refractivity contribution in [3.63, 3.8) is 0 Å². The summed E-state index contributed by atoms with van der Waals surface area (Å²) in [6.07, 6.45) is 4.48. The molecule has 3 rings (SSSR count). The van der Waals surface area contributed by atoms with Crippen LogP contribution in [0.5, 0.6) is 0 Å². The third-order valence-electron chi connectivity index (χ3n) is 3.49. The van der Waals surface area contributed by atoms with E-state index >= 15 is 0 Å². The van der Waals surface area contributed by atoms with Crippen LogP contribution in [0.4, 0.5) is 10.5 Å². The van der Waals surface area contributed by atoms with Gasteiger partial charge < -0.3 is 10.6 Å². The molecular formula is C17H17BrN4O. The van der Waals surface area contributed by atoms with Crippen LogP contribution in [-0.4, -0.2) is 22.4 Å². The number of rotatable bonds is 5. The molecule has 1 heterocycles. The van der Waals surface area contributed by atoms with Crippen molar-refractivity contribution in [2.75, 3.05) is 11.9 Å². The van der Waals surface area contributed by atoms with Crippen molar-refractivity contribution < 1.29 is 4.79 Å². The average Bonchev–Trinajstić information content (AvgIpc) is 2.97. The number of anilines is 1. The minimum absolute atomic E-state index is 0.192. The third kappa shape index (κ3) is 4.10. The molecule has 0 atom stereocenters. The van der Waals surface area contributed by atoms with Gasteiger partial charge in [-0.1, -0.05) is 36.4 Å². The summed E-state index contributed by atoms with van der Waals surface area (Å²) in [6, 6.07) is 13.7.